The van der Waals surface area contributed by atoms with Crippen molar-refractivity contribution in [1.29, 1.82) is 0 Å². The number of hydrogen-bond acceptors (Lipinski definition) is 6. The van der Waals surface area contributed by atoms with E-state index in [0.29, 0.717) is 10.5 Å². The van der Waals surface area contributed by atoms with Crippen LogP contribution in [0.15, 0.2) is 52.8 Å². The standard InChI is InChI=1S/C18H14N4O2S2/c1-11-6-7-15(26-11)14-10-25-18(20-14)21-16(23)9-22-17(24)13-5-3-2-4-12(13)8-19-22/h2-8,10H,9H2,1H3,(H,20,21,23). The number of nitrogens with zero attached hydrogens (tertiary/aromatic N) is 3. The van der Waals surface area contributed by atoms with Gasteiger partial charge >= 0.3 is 0 Å². The molecule has 0 unspecified atom stereocenters. The van der Waals surface area contributed by atoms with E-state index in [4.69, 9.17) is 0 Å². The van der Waals surface area contributed by atoms with Gasteiger partial charge in [0.25, 0.3) is 5.56 Å². The topological polar surface area (TPSA) is 76.9 Å². The molecule has 3 heterocycles. The highest BCUT2D eigenvalue weighted by molar-refractivity contribution is 7.17. The van der Waals surface area contributed by atoms with E-state index in [9.17, 15) is 9.59 Å². The van der Waals surface area contributed by atoms with Crippen LogP contribution in [0.25, 0.3) is 21.3 Å². The quantitative estimate of drug-likeness (QED) is 0.586. The number of aryl methyl sites for hydroxylation is 1. The van der Waals surface area contributed by atoms with Crippen molar-refractivity contribution in [1.82, 2.24) is 14.8 Å². The van der Waals surface area contributed by atoms with Gasteiger partial charge in [0.1, 0.15) is 6.54 Å². The lowest BCUT2D eigenvalue weighted by molar-refractivity contribution is -0.117. The lowest BCUT2D eigenvalue weighted by Crippen LogP contribution is -2.29. The maximum absolute atomic E-state index is 12.4. The molecule has 0 aliphatic heterocycles. The van der Waals surface area contributed by atoms with E-state index in [1.54, 1.807) is 29.7 Å². The Morgan fingerprint density at radius 1 is 1.23 bits per heavy atom. The molecule has 0 saturated heterocycles. The molecule has 0 spiro atoms. The number of nitrogens with one attached hydrogen (secondary N) is 1. The molecule has 1 N–H and O–H groups in total. The third-order valence-corrected chi connectivity index (χ3v) is 5.58. The Labute approximate surface area is 156 Å². The van der Waals surface area contributed by atoms with Crippen LogP contribution in [-0.2, 0) is 11.3 Å². The zero-order valence-corrected chi connectivity index (χ0v) is 15.4. The van der Waals surface area contributed by atoms with Gasteiger partial charge in [-0.15, -0.1) is 22.7 Å². The number of carbonyl (C=O) groups excluding carboxylic acids is 1. The van der Waals surface area contributed by atoms with E-state index in [2.05, 4.69) is 15.4 Å². The van der Waals surface area contributed by atoms with Crippen molar-refractivity contribution in [2.24, 2.45) is 0 Å². The first-order chi connectivity index (χ1) is 12.6. The van der Waals surface area contributed by atoms with E-state index in [-0.39, 0.29) is 18.0 Å². The number of aromatic nitrogens is 3. The second-order valence-electron chi connectivity index (χ2n) is 5.69. The molecule has 3 aromatic heterocycles. The average Bonchev–Trinajstić information content (AvgIpc) is 3.26. The summed E-state index contributed by atoms with van der Waals surface area (Å²) >= 11 is 3.01. The normalized spacial score (nSPS) is 11.0. The second-order valence-corrected chi connectivity index (χ2v) is 7.84. The number of fused-ring (bicyclic) bond motifs is 1. The predicted molar refractivity (Wildman–Crippen MR) is 105 cm³/mol. The second kappa shape index (κ2) is 6.81. The third kappa shape index (κ3) is 3.29. The molecule has 8 heteroatoms. The van der Waals surface area contributed by atoms with Crippen molar-refractivity contribution in [3.05, 3.63) is 63.2 Å². The zero-order chi connectivity index (χ0) is 18.1. The largest absolute Gasteiger partial charge is 0.300 e. The van der Waals surface area contributed by atoms with Gasteiger partial charge in [-0.25, -0.2) is 9.67 Å². The van der Waals surface area contributed by atoms with Crippen LogP contribution < -0.4 is 10.9 Å². The minimum Gasteiger partial charge on any atom is -0.300 e. The van der Waals surface area contributed by atoms with Gasteiger partial charge in [0, 0.05) is 15.6 Å². The van der Waals surface area contributed by atoms with E-state index in [1.165, 1.54) is 16.2 Å². The molecule has 4 rings (SSSR count). The van der Waals surface area contributed by atoms with Gasteiger partial charge in [0.15, 0.2) is 5.13 Å². The van der Waals surface area contributed by atoms with Crippen LogP contribution in [0.4, 0.5) is 5.13 Å². The van der Waals surface area contributed by atoms with Gasteiger partial charge < -0.3 is 5.32 Å². The lowest BCUT2D eigenvalue weighted by atomic mass is 10.2. The predicted octanol–water partition coefficient (Wildman–Crippen LogP) is 3.53. The Kier molecular flexibility index (Phi) is 4.36. The molecule has 1 amide bonds. The zero-order valence-electron chi connectivity index (χ0n) is 13.8. The van der Waals surface area contributed by atoms with Crippen LogP contribution in [0.2, 0.25) is 0 Å². The molecule has 0 aliphatic rings. The number of amides is 1. The van der Waals surface area contributed by atoms with Gasteiger partial charge in [-0.2, -0.15) is 5.10 Å². The minimum absolute atomic E-state index is 0.156. The Morgan fingerprint density at radius 3 is 2.88 bits per heavy atom. The monoisotopic (exact) mass is 382 g/mol. The molecule has 0 atom stereocenters. The Bertz CT molecular complexity index is 1160. The summed E-state index contributed by atoms with van der Waals surface area (Å²) in [6.45, 7) is 1.88. The molecule has 6 nitrogen and oxygen atoms in total. The van der Waals surface area contributed by atoms with Crippen molar-refractivity contribution >= 4 is 44.5 Å². The summed E-state index contributed by atoms with van der Waals surface area (Å²) in [5, 5.41) is 10.5. The first kappa shape index (κ1) is 16.6. The molecule has 0 fully saturated rings. The number of thiazole rings is 1. The number of thiophene rings is 1. The molecule has 1 aromatic carbocycles. The van der Waals surface area contributed by atoms with E-state index >= 15 is 0 Å². The van der Waals surface area contributed by atoms with Crippen molar-refractivity contribution in [3.63, 3.8) is 0 Å². The molecular weight excluding hydrogens is 368 g/mol. The van der Waals surface area contributed by atoms with E-state index in [0.717, 1.165) is 20.6 Å². The number of anilines is 1. The molecular formula is C18H14N4O2S2. The van der Waals surface area contributed by atoms with Crippen LogP contribution in [0, 0.1) is 6.92 Å². The summed E-state index contributed by atoms with van der Waals surface area (Å²) < 4.78 is 1.16. The van der Waals surface area contributed by atoms with Gasteiger partial charge in [0.2, 0.25) is 5.91 Å². The molecule has 0 bridgehead atoms. The van der Waals surface area contributed by atoms with Gasteiger partial charge in [-0.05, 0) is 25.1 Å². The first-order valence-electron chi connectivity index (χ1n) is 7.87. The van der Waals surface area contributed by atoms with Crippen LogP contribution in [-0.4, -0.2) is 20.7 Å². The number of benzene rings is 1. The maximum Gasteiger partial charge on any atom is 0.275 e. The maximum atomic E-state index is 12.4. The van der Waals surface area contributed by atoms with Crippen molar-refractivity contribution in [2.45, 2.75) is 13.5 Å². The van der Waals surface area contributed by atoms with Crippen LogP contribution >= 0.6 is 22.7 Å². The summed E-state index contributed by atoms with van der Waals surface area (Å²) in [6.07, 6.45) is 1.59. The highest BCUT2D eigenvalue weighted by Crippen LogP contribution is 2.30. The summed E-state index contributed by atoms with van der Waals surface area (Å²) in [7, 11) is 0. The number of rotatable bonds is 4. The fourth-order valence-corrected chi connectivity index (χ4v) is 4.18. The fraction of sp³-hybridized carbons (Fsp3) is 0.111. The summed E-state index contributed by atoms with van der Waals surface area (Å²) in [5.41, 5.74) is 0.552. The first-order valence-corrected chi connectivity index (χ1v) is 9.57. The fourth-order valence-electron chi connectivity index (χ4n) is 2.55. The molecule has 0 radical (unpaired) electrons. The highest BCUT2D eigenvalue weighted by atomic mass is 32.1. The number of carbonyl (C=O) groups is 1. The van der Waals surface area contributed by atoms with Crippen molar-refractivity contribution in [3.8, 4) is 10.6 Å². The van der Waals surface area contributed by atoms with E-state index in [1.807, 2.05) is 36.6 Å². The Morgan fingerprint density at radius 2 is 2.08 bits per heavy atom. The summed E-state index contributed by atoms with van der Waals surface area (Å²) in [6, 6.07) is 11.2. The Hall–Kier alpha value is -2.84. The van der Waals surface area contributed by atoms with Crippen molar-refractivity contribution < 1.29 is 4.79 Å². The summed E-state index contributed by atoms with van der Waals surface area (Å²) in [5.74, 6) is -0.335. The average molecular weight is 382 g/mol. The van der Waals surface area contributed by atoms with Crippen LogP contribution in [0.1, 0.15) is 4.88 Å². The van der Waals surface area contributed by atoms with Crippen molar-refractivity contribution in [2.75, 3.05) is 5.32 Å². The van der Waals surface area contributed by atoms with Gasteiger partial charge in [-0.1, -0.05) is 18.2 Å². The minimum atomic E-state index is -0.335. The van der Waals surface area contributed by atoms with Gasteiger partial charge in [0.05, 0.1) is 22.2 Å². The highest BCUT2D eigenvalue weighted by Gasteiger charge is 2.12. The van der Waals surface area contributed by atoms with E-state index < -0.39 is 0 Å². The molecule has 130 valence electrons. The molecule has 26 heavy (non-hydrogen) atoms. The SMILES string of the molecule is Cc1ccc(-c2csc(NC(=O)Cn3ncc4ccccc4c3=O)n2)s1. The van der Waals surface area contributed by atoms with Gasteiger partial charge in [-0.3, -0.25) is 9.59 Å². The smallest absolute Gasteiger partial charge is 0.275 e. The molecule has 0 aliphatic carbocycles. The third-order valence-electron chi connectivity index (χ3n) is 3.80. The molecule has 4 aromatic rings. The lowest BCUT2D eigenvalue weighted by Gasteiger charge is -2.05. The number of hydrogen-bond donors (Lipinski definition) is 1. The Balaban J connectivity index is 1.50. The van der Waals surface area contributed by atoms with Crippen LogP contribution in [0.5, 0.6) is 0 Å². The summed E-state index contributed by atoms with van der Waals surface area (Å²) in [4.78, 5) is 31.4. The molecule has 0 saturated carbocycles. The van der Waals surface area contributed by atoms with Crippen LogP contribution in [0.3, 0.4) is 0 Å².